The van der Waals surface area contributed by atoms with Gasteiger partial charge in [0.2, 0.25) is 0 Å². The Balaban J connectivity index is 2.10. The van der Waals surface area contributed by atoms with Crippen molar-refractivity contribution < 1.29 is 14.3 Å². The normalized spacial score (nSPS) is 26.6. The molecule has 1 aliphatic heterocycles. The van der Waals surface area contributed by atoms with Crippen molar-refractivity contribution in [2.75, 3.05) is 13.6 Å². The van der Waals surface area contributed by atoms with Gasteiger partial charge in [-0.2, -0.15) is 0 Å². The van der Waals surface area contributed by atoms with Gasteiger partial charge in [-0.15, -0.1) is 0 Å². The van der Waals surface area contributed by atoms with Crippen molar-refractivity contribution in [3.05, 3.63) is 35.5 Å². The molecule has 4 nitrogen and oxygen atoms in total. The summed E-state index contributed by atoms with van der Waals surface area (Å²) in [4.78, 5) is 11.4. The average molecular weight is 263 g/mol. The van der Waals surface area contributed by atoms with Crippen LogP contribution in [0.2, 0.25) is 0 Å². The van der Waals surface area contributed by atoms with Gasteiger partial charge in [-0.3, -0.25) is 4.79 Å². The number of ketones is 1. The predicted molar refractivity (Wildman–Crippen MR) is 73.2 cm³/mol. The van der Waals surface area contributed by atoms with Crippen LogP contribution in [0.15, 0.2) is 35.5 Å². The van der Waals surface area contributed by atoms with Crippen molar-refractivity contribution in [2.24, 2.45) is 5.41 Å². The van der Waals surface area contributed by atoms with Gasteiger partial charge in [-0.25, -0.2) is 0 Å². The second-order valence-corrected chi connectivity index (χ2v) is 5.41. The summed E-state index contributed by atoms with van der Waals surface area (Å²) in [7, 11) is 1.90. The number of Topliss-reactive ketones (excluding diaryl/α,β-unsaturated/α-hetero) is 1. The highest BCUT2D eigenvalue weighted by Crippen LogP contribution is 2.46. The molecule has 0 amide bonds. The van der Waals surface area contributed by atoms with Crippen molar-refractivity contribution in [3.8, 4) is 0 Å². The van der Waals surface area contributed by atoms with Crippen molar-refractivity contribution in [1.82, 2.24) is 5.32 Å². The smallest absolute Gasteiger partial charge is 0.194 e. The molecule has 0 aromatic heterocycles. The van der Waals surface area contributed by atoms with Gasteiger partial charge >= 0.3 is 0 Å². The van der Waals surface area contributed by atoms with Crippen LogP contribution in [0.1, 0.15) is 27.2 Å². The van der Waals surface area contributed by atoms with Crippen molar-refractivity contribution in [1.29, 1.82) is 0 Å². The van der Waals surface area contributed by atoms with E-state index in [1.807, 2.05) is 32.2 Å². The molecule has 19 heavy (non-hydrogen) atoms. The van der Waals surface area contributed by atoms with Crippen LogP contribution in [0.25, 0.3) is 0 Å². The zero-order valence-electron chi connectivity index (χ0n) is 11.9. The van der Waals surface area contributed by atoms with Crippen LogP contribution in [0, 0.1) is 5.41 Å². The number of likely N-dealkylation sites (N-methyl/N-ethyl adjacent to an activating group) is 1. The van der Waals surface area contributed by atoms with E-state index in [9.17, 15) is 4.79 Å². The lowest BCUT2D eigenvalue weighted by Crippen LogP contribution is -2.26. The van der Waals surface area contributed by atoms with E-state index in [2.05, 4.69) is 12.2 Å². The van der Waals surface area contributed by atoms with Crippen molar-refractivity contribution >= 4 is 5.78 Å². The van der Waals surface area contributed by atoms with Crippen LogP contribution in [0.4, 0.5) is 0 Å². The number of allylic oxidation sites excluding steroid dienone is 5. The maximum atomic E-state index is 11.4. The van der Waals surface area contributed by atoms with Gasteiger partial charge in [0.05, 0.1) is 11.2 Å². The Labute approximate surface area is 114 Å². The van der Waals surface area contributed by atoms with Gasteiger partial charge in [0, 0.05) is 19.9 Å². The van der Waals surface area contributed by atoms with Crippen LogP contribution in [-0.2, 0) is 14.3 Å². The summed E-state index contributed by atoms with van der Waals surface area (Å²) in [5.41, 5.74) is -0.259. The molecule has 2 rings (SSSR count). The molecule has 0 radical (unpaired) electrons. The van der Waals surface area contributed by atoms with E-state index >= 15 is 0 Å². The Hall–Kier alpha value is -1.55. The number of carbonyl (C=O) groups excluding carboxylic acids is 1. The Morgan fingerprint density at radius 3 is 2.95 bits per heavy atom. The van der Waals surface area contributed by atoms with Gasteiger partial charge in [0.15, 0.2) is 11.5 Å². The summed E-state index contributed by atoms with van der Waals surface area (Å²) >= 11 is 0. The number of nitrogens with one attached hydrogen (secondary N) is 1. The van der Waals surface area contributed by atoms with Gasteiger partial charge in [0.25, 0.3) is 0 Å². The molecule has 0 aromatic carbocycles. The molecule has 0 bridgehead atoms. The van der Waals surface area contributed by atoms with Crippen molar-refractivity contribution in [2.45, 2.75) is 33.3 Å². The largest absolute Gasteiger partial charge is 0.494 e. The van der Waals surface area contributed by atoms with Gasteiger partial charge in [-0.05, 0) is 39.1 Å². The fraction of sp³-hybridized carbons (Fsp3) is 0.533. The Kier molecular flexibility index (Phi) is 3.80. The Bertz CT molecular complexity index is 476. The highest BCUT2D eigenvalue weighted by molar-refractivity contribution is 5.92. The third-order valence-corrected chi connectivity index (χ3v) is 3.39. The summed E-state index contributed by atoms with van der Waals surface area (Å²) in [6.45, 7) is 6.41. The molecule has 1 unspecified atom stereocenters. The molecule has 0 aromatic rings. The molecule has 1 aliphatic carbocycles. The number of carbonyl (C=O) groups is 1. The summed E-state index contributed by atoms with van der Waals surface area (Å²) in [5, 5.41) is 3.09. The zero-order valence-corrected chi connectivity index (χ0v) is 11.9. The maximum Gasteiger partial charge on any atom is 0.194 e. The van der Waals surface area contributed by atoms with Crippen LogP contribution >= 0.6 is 0 Å². The predicted octanol–water partition coefficient (Wildman–Crippen LogP) is 2.29. The number of fused-ring (bicyclic) bond motifs is 1. The topological polar surface area (TPSA) is 47.6 Å². The lowest BCUT2D eigenvalue weighted by atomic mass is 9.81. The summed E-state index contributed by atoms with van der Waals surface area (Å²) < 4.78 is 11.5. The first-order valence-electron chi connectivity index (χ1n) is 6.59. The van der Waals surface area contributed by atoms with E-state index < -0.39 is 0 Å². The third-order valence-electron chi connectivity index (χ3n) is 3.39. The molecule has 104 valence electrons. The SMILES string of the molecule is CNC[C@H](C)OC1=CC=C2OC(C(C)=O)=CC2(C)C1. The zero-order chi connectivity index (χ0) is 14.0. The van der Waals surface area contributed by atoms with E-state index in [4.69, 9.17) is 9.47 Å². The lowest BCUT2D eigenvalue weighted by molar-refractivity contribution is -0.116. The standard InChI is InChI=1S/C15H21NO3/c1-10(9-16-4)18-12-5-6-14-15(3,7-12)8-13(19-14)11(2)17/h5-6,8,10,16H,7,9H2,1-4H3/t10-,15?/m0/s1. The number of hydrogen-bond donors (Lipinski definition) is 1. The molecule has 1 heterocycles. The van der Waals surface area contributed by atoms with E-state index in [0.717, 1.165) is 24.5 Å². The van der Waals surface area contributed by atoms with Gasteiger partial charge < -0.3 is 14.8 Å². The minimum atomic E-state index is -0.259. The second-order valence-electron chi connectivity index (χ2n) is 5.41. The van der Waals surface area contributed by atoms with E-state index in [1.54, 1.807) is 0 Å². The molecular weight excluding hydrogens is 242 g/mol. The average Bonchev–Trinajstić information content (AvgIpc) is 2.66. The number of hydrogen-bond acceptors (Lipinski definition) is 4. The highest BCUT2D eigenvalue weighted by Gasteiger charge is 2.39. The van der Waals surface area contributed by atoms with Gasteiger partial charge in [0.1, 0.15) is 11.9 Å². The highest BCUT2D eigenvalue weighted by atomic mass is 16.5. The molecule has 1 N–H and O–H groups in total. The van der Waals surface area contributed by atoms with Gasteiger partial charge in [-0.1, -0.05) is 0 Å². The monoisotopic (exact) mass is 263 g/mol. The summed E-state index contributed by atoms with van der Waals surface area (Å²) in [6.07, 6.45) is 6.58. The summed E-state index contributed by atoms with van der Waals surface area (Å²) in [5.74, 6) is 2.15. The molecule has 2 atom stereocenters. The minimum Gasteiger partial charge on any atom is -0.494 e. The van der Waals surface area contributed by atoms with E-state index in [0.29, 0.717) is 5.76 Å². The first kappa shape index (κ1) is 13.9. The maximum absolute atomic E-state index is 11.4. The van der Waals surface area contributed by atoms with E-state index in [1.165, 1.54) is 6.92 Å². The molecule has 0 fully saturated rings. The second kappa shape index (κ2) is 5.21. The van der Waals surface area contributed by atoms with Crippen LogP contribution in [0.5, 0.6) is 0 Å². The third kappa shape index (κ3) is 2.89. The first-order chi connectivity index (χ1) is 8.94. The first-order valence-corrected chi connectivity index (χ1v) is 6.59. The molecule has 0 spiro atoms. The van der Waals surface area contributed by atoms with Crippen LogP contribution in [0.3, 0.4) is 0 Å². The van der Waals surface area contributed by atoms with Crippen LogP contribution in [-0.4, -0.2) is 25.5 Å². The quantitative estimate of drug-likeness (QED) is 0.826. The molecular formula is C15H21NO3. The fourth-order valence-electron chi connectivity index (χ4n) is 2.42. The number of rotatable bonds is 5. The lowest BCUT2D eigenvalue weighted by Gasteiger charge is -2.28. The number of ether oxygens (including phenoxy) is 2. The molecule has 4 heteroatoms. The molecule has 0 saturated carbocycles. The fourth-order valence-corrected chi connectivity index (χ4v) is 2.42. The Morgan fingerprint density at radius 1 is 1.58 bits per heavy atom. The summed E-state index contributed by atoms with van der Waals surface area (Å²) in [6, 6.07) is 0. The van der Waals surface area contributed by atoms with Crippen LogP contribution < -0.4 is 5.32 Å². The minimum absolute atomic E-state index is 0.0393. The molecule has 2 aliphatic rings. The molecule has 0 saturated heterocycles. The van der Waals surface area contributed by atoms with E-state index in [-0.39, 0.29) is 17.3 Å². The Morgan fingerprint density at radius 2 is 2.32 bits per heavy atom. The van der Waals surface area contributed by atoms with Crippen molar-refractivity contribution in [3.63, 3.8) is 0 Å².